The third-order valence-corrected chi connectivity index (χ3v) is 2.69. The van der Waals surface area contributed by atoms with Gasteiger partial charge in [0.1, 0.15) is 0 Å². The molecule has 1 saturated carbocycles. The van der Waals surface area contributed by atoms with Gasteiger partial charge in [0.25, 0.3) is 5.91 Å². The van der Waals surface area contributed by atoms with Gasteiger partial charge < -0.3 is 15.2 Å². The lowest BCUT2D eigenvalue weighted by Crippen LogP contribution is -2.30. The van der Waals surface area contributed by atoms with Gasteiger partial charge in [0.2, 0.25) is 0 Å². The Balaban J connectivity index is 2.04. The maximum absolute atomic E-state index is 13.7. The lowest BCUT2D eigenvalue weighted by molar-refractivity contribution is -0.131. The maximum atomic E-state index is 13.7. The summed E-state index contributed by atoms with van der Waals surface area (Å²) >= 11 is 0. The van der Waals surface area contributed by atoms with Gasteiger partial charge in [-0.1, -0.05) is 12.1 Å². The molecule has 1 aliphatic carbocycles. The van der Waals surface area contributed by atoms with Crippen molar-refractivity contribution in [3.8, 4) is 5.75 Å². The number of benzene rings is 1. The van der Waals surface area contributed by atoms with Gasteiger partial charge in [-0.2, -0.15) is 0 Å². The lowest BCUT2D eigenvalue weighted by Gasteiger charge is -2.10. The minimum atomic E-state index is -1.15. The van der Waals surface area contributed by atoms with E-state index in [0.717, 1.165) is 18.9 Å². The molecule has 2 N–H and O–H groups in total. The Hall–Kier alpha value is -2.37. The summed E-state index contributed by atoms with van der Waals surface area (Å²) in [4.78, 5) is 22.0. The first-order valence-electron chi connectivity index (χ1n) is 6.18. The molecule has 1 amide bonds. The van der Waals surface area contributed by atoms with Crippen molar-refractivity contribution in [3.63, 3.8) is 0 Å². The number of carboxylic acids is 1. The summed E-state index contributed by atoms with van der Waals surface area (Å²) in [5.74, 6) is -2.23. The number of amides is 1. The van der Waals surface area contributed by atoms with Crippen LogP contribution in [0.25, 0.3) is 6.08 Å². The van der Waals surface area contributed by atoms with Gasteiger partial charge in [-0.3, -0.25) is 4.79 Å². The van der Waals surface area contributed by atoms with E-state index in [1.807, 2.05) is 0 Å². The molecule has 2 rings (SSSR count). The van der Waals surface area contributed by atoms with Crippen molar-refractivity contribution in [3.05, 3.63) is 35.7 Å². The standard InChI is InChI=1S/C14H14FNO4/c15-11-3-1-2-9(4-7-13(18)19)14(11)20-8-12(17)16-10-5-6-10/h1-4,7,10H,5-6,8H2,(H,16,17)(H,18,19)/b7-4+. The molecule has 106 valence electrons. The van der Waals surface area contributed by atoms with Gasteiger partial charge in [0.15, 0.2) is 18.2 Å². The minimum absolute atomic E-state index is 0.129. The molecule has 0 atom stereocenters. The van der Waals surface area contributed by atoms with Crippen LogP contribution in [0, 0.1) is 5.82 Å². The summed E-state index contributed by atoms with van der Waals surface area (Å²) in [6.07, 6.45) is 4.02. The Labute approximate surface area is 115 Å². The molecular formula is C14H14FNO4. The van der Waals surface area contributed by atoms with Gasteiger partial charge in [-0.15, -0.1) is 0 Å². The van der Waals surface area contributed by atoms with E-state index in [-0.39, 0.29) is 29.9 Å². The Morgan fingerprint density at radius 2 is 2.20 bits per heavy atom. The van der Waals surface area contributed by atoms with Gasteiger partial charge in [0, 0.05) is 17.7 Å². The molecule has 1 aromatic carbocycles. The SMILES string of the molecule is O=C(O)/C=C/c1cccc(F)c1OCC(=O)NC1CC1. The van der Waals surface area contributed by atoms with E-state index in [0.29, 0.717) is 0 Å². The zero-order valence-corrected chi connectivity index (χ0v) is 10.6. The molecule has 0 bridgehead atoms. The molecule has 0 unspecified atom stereocenters. The van der Waals surface area contributed by atoms with E-state index in [1.165, 1.54) is 24.3 Å². The molecule has 0 aromatic heterocycles. The molecule has 5 nitrogen and oxygen atoms in total. The normalized spacial score (nSPS) is 14.2. The minimum Gasteiger partial charge on any atom is -0.480 e. The predicted molar refractivity (Wildman–Crippen MR) is 69.7 cm³/mol. The zero-order valence-electron chi connectivity index (χ0n) is 10.6. The van der Waals surface area contributed by atoms with Crippen molar-refractivity contribution in [1.82, 2.24) is 5.32 Å². The molecule has 1 aliphatic rings. The average Bonchev–Trinajstić information content (AvgIpc) is 3.19. The van der Waals surface area contributed by atoms with Crippen LogP contribution in [0.5, 0.6) is 5.75 Å². The maximum Gasteiger partial charge on any atom is 0.328 e. The molecule has 0 spiro atoms. The smallest absolute Gasteiger partial charge is 0.328 e. The lowest BCUT2D eigenvalue weighted by atomic mass is 10.2. The average molecular weight is 279 g/mol. The van der Waals surface area contributed by atoms with E-state index < -0.39 is 11.8 Å². The second-order valence-corrected chi connectivity index (χ2v) is 4.46. The fraction of sp³-hybridized carbons (Fsp3) is 0.286. The highest BCUT2D eigenvalue weighted by Crippen LogP contribution is 2.24. The highest BCUT2D eigenvalue weighted by atomic mass is 19.1. The van der Waals surface area contributed by atoms with Gasteiger partial charge in [-0.05, 0) is 25.0 Å². The Morgan fingerprint density at radius 1 is 1.45 bits per heavy atom. The number of nitrogens with one attached hydrogen (secondary N) is 1. The fourth-order valence-electron chi connectivity index (χ4n) is 1.60. The zero-order chi connectivity index (χ0) is 14.5. The molecule has 0 heterocycles. The van der Waals surface area contributed by atoms with Crippen LogP contribution in [-0.4, -0.2) is 29.6 Å². The number of carboxylic acid groups (broad SMARTS) is 1. The van der Waals surface area contributed by atoms with Crippen LogP contribution in [-0.2, 0) is 9.59 Å². The monoisotopic (exact) mass is 279 g/mol. The largest absolute Gasteiger partial charge is 0.480 e. The number of halogens is 1. The van der Waals surface area contributed by atoms with Crippen molar-refractivity contribution >= 4 is 18.0 Å². The summed E-state index contributed by atoms with van der Waals surface area (Å²) in [7, 11) is 0. The Kier molecular flexibility index (Phi) is 4.34. The number of para-hydroxylation sites is 1. The van der Waals surface area contributed by atoms with E-state index in [2.05, 4.69) is 5.32 Å². The summed E-state index contributed by atoms with van der Waals surface area (Å²) < 4.78 is 18.8. The first kappa shape index (κ1) is 14.0. The molecule has 1 fully saturated rings. The summed E-state index contributed by atoms with van der Waals surface area (Å²) in [5.41, 5.74) is 0.270. The summed E-state index contributed by atoms with van der Waals surface area (Å²) in [5, 5.41) is 11.3. The number of hydrogen-bond acceptors (Lipinski definition) is 3. The number of carbonyl (C=O) groups is 2. The van der Waals surface area contributed by atoms with E-state index in [9.17, 15) is 14.0 Å². The number of aliphatic carboxylic acids is 1. The molecule has 6 heteroatoms. The van der Waals surface area contributed by atoms with E-state index >= 15 is 0 Å². The van der Waals surface area contributed by atoms with Crippen molar-refractivity contribution in [2.75, 3.05) is 6.61 Å². The topological polar surface area (TPSA) is 75.6 Å². The van der Waals surface area contributed by atoms with Crippen molar-refractivity contribution in [2.45, 2.75) is 18.9 Å². The van der Waals surface area contributed by atoms with Crippen LogP contribution < -0.4 is 10.1 Å². The molecule has 20 heavy (non-hydrogen) atoms. The van der Waals surface area contributed by atoms with E-state index in [1.54, 1.807) is 0 Å². The highest BCUT2D eigenvalue weighted by molar-refractivity contribution is 5.86. The Morgan fingerprint density at radius 3 is 2.85 bits per heavy atom. The first-order valence-corrected chi connectivity index (χ1v) is 6.18. The number of hydrogen-bond donors (Lipinski definition) is 2. The molecule has 1 aromatic rings. The highest BCUT2D eigenvalue weighted by Gasteiger charge is 2.23. The van der Waals surface area contributed by atoms with Crippen LogP contribution in [0.4, 0.5) is 4.39 Å². The van der Waals surface area contributed by atoms with Crippen LogP contribution in [0.15, 0.2) is 24.3 Å². The van der Waals surface area contributed by atoms with Crippen molar-refractivity contribution in [2.24, 2.45) is 0 Å². The van der Waals surface area contributed by atoms with Gasteiger partial charge in [-0.25, -0.2) is 9.18 Å². The summed E-state index contributed by atoms with van der Waals surface area (Å²) in [6, 6.07) is 4.34. The predicted octanol–water partition coefficient (Wildman–Crippen LogP) is 1.58. The van der Waals surface area contributed by atoms with E-state index in [4.69, 9.17) is 9.84 Å². The number of carbonyl (C=O) groups excluding carboxylic acids is 1. The third kappa shape index (κ3) is 4.08. The van der Waals surface area contributed by atoms with Crippen LogP contribution >= 0.6 is 0 Å². The second kappa shape index (κ2) is 6.18. The van der Waals surface area contributed by atoms with Crippen LogP contribution in [0.2, 0.25) is 0 Å². The third-order valence-electron chi connectivity index (χ3n) is 2.69. The van der Waals surface area contributed by atoms with Crippen LogP contribution in [0.3, 0.4) is 0 Å². The second-order valence-electron chi connectivity index (χ2n) is 4.46. The van der Waals surface area contributed by atoms with Crippen molar-refractivity contribution in [1.29, 1.82) is 0 Å². The number of ether oxygens (including phenoxy) is 1. The van der Waals surface area contributed by atoms with Gasteiger partial charge >= 0.3 is 5.97 Å². The van der Waals surface area contributed by atoms with Crippen LogP contribution in [0.1, 0.15) is 18.4 Å². The van der Waals surface area contributed by atoms with Gasteiger partial charge in [0.05, 0.1) is 0 Å². The summed E-state index contributed by atoms with van der Waals surface area (Å²) in [6.45, 7) is -0.300. The molecule has 0 aliphatic heterocycles. The molecule has 0 saturated heterocycles. The first-order chi connectivity index (χ1) is 9.56. The Bertz CT molecular complexity index is 552. The molecular weight excluding hydrogens is 265 g/mol. The number of rotatable bonds is 6. The van der Waals surface area contributed by atoms with Crippen molar-refractivity contribution < 1.29 is 23.8 Å². The molecule has 0 radical (unpaired) electrons. The fourth-order valence-corrected chi connectivity index (χ4v) is 1.60. The quantitative estimate of drug-likeness (QED) is 0.775.